The van der Waals surface area contributed by atoms with E-state index in [1.54, 1.807) is 4.90 Å². The van der Waals surface area contributed by atoms with Gasteiger partial charge in [0.1, 0.15) is 11.3 Å². The number of esters is 1. The molecule has 1 amide bonds. The van der Waals surface area contributed by atoms with Gasteiger partial charge < -0.3 is 14.4 Å². The number of benzene rings is 2. The van der Waals surface area contributed by atoms with Crippen molar-refractivity contribution in [3.05, 3.63) is 69.3 Å². The molecule has 0 aromatic heterocycles. The second-order valence-electron chi connectivity index (χ2n) is 7.36. The lowest BCUT2D eigenvalue weighted by Gasteiger charge is -2.34. The van der Waals surface area contributed by atoms with Gasteiger partial charge in [0, 0.05) is 44.9 Å². The quantitative estimate of drug-likeness (QED) is 0.380. The summed E-state index contributed by atoms with van der Waals surface area (Å²) in [7, 11) is 1.35. The van der Waals surface area contributed by atoms with Crippen LogP contribution < -0.4 is 4.74 Å². The SMILES string of the molecule is COc1ccc([N+](=O)[O-])cc1C(=O)OCC(=O)N1CCN(Cc2cccc(C)c2)CC1. The predicted molar refractivity (Wildman–Crippen MR) is 113 cm³/mol. The lowest BCUT2D eigenvalue weighted by atomic mass is 10.1. The monoisotopic (exact) mass is 427 g/mol. The third-order valence-corrected chi connectivity index (χ3v) is 5.15. The van der Waals surface area contributed by atoms with Crippen molar-refractivity contribution in [2.75, 3.05) is 39.9 Å². The number of aryl methyl sites for hydroxylation is 1. The smallest absolute Gasteiger partial charge is 0.342 e. The molecule has 3 rings (SSSR count). The zero-order valence-electron chi connectivity index (χ0n) is 17.6. The Hall–Kier alpha value is -3.46. The van der Waals surface area contributed by atoms with Crippen molar-refractivity contribution in [1.82, 2.24) is 9.80 Å². The van der Waals surface area contributed by atoms with Gasteiger partial charge in [0.15, 0.2) is 6.61 Å². The Morgan fingerprint density at radius 1 is 1.10 bits per heavy atom. The normalized spacial score (nSPS) is 14.2. The van der Waals surface area contributed by atoms with Crippen molar-refractivity contribution in [3.63, 3.8) is 0 Å². The van der Waals surface area contributed by atoms with E-state index in [4.69, 9.17) is 9.47 Å². The first-order chi connectivity index (χ1) is 14.9. The summed E-state index contributed by atoms with van der Waals surface area (Å²) in [5, 5.41) is 11.0. The van der Waals surface area contributed by atoms with Crippen molar-refractivity contribution in [2.45, 2.75) is 13.5 Å². The number of nitro groups is 1. The zero-order valence-corrected chi connectivity index (χ0v) is 17.6. The van der Waals surface area contributed by atoms with Gasteiger partial charge in [-0.1, -0.05) is 29.8 Å². The van der Waals surface area contributed by atoms with E-state index in [1.165, 1.54) is 30.4 Å². The van der Waals surface area contributed by atoms with E-state index in [9.17, 15) is 19.7 Å². The fourth-order valence-corrected chi connectivity index (χ4v) is 3.49. The van der Waals surface area contributed by atoms with Gasteiger partial charge in [-0.2, -0.15) is 0 Å². The minimum atomic E-state index is -0.841. The summed E-state index contributed by atoms with van der Waals surface area (Å²) < 4.78 is 10.2. The second-order valence-corrected chi connectivity index (χ2v) is 7.36. The van der Waals surface area contributed by atoms with Crippen LogP contribution in [0.25, 0.3) is 0 Å². The molecule has 9 nitrogen and oxygen atoms in total. The Bertz CT molecular complexity index is 969. The molecule has 1 saturated heterocycles. The number of ether oxygens (including phenoxy) is 2. The fraction of sp³-hybridized carbons (Fsp3) is 0.364. The second kappa shape index (κ2) is 10.0. The highest BCUT2D eigenvalue weighted by atomic mass is 16.6. The first kappa shape index (κ1) is 22.2. The maximum absolute atomic E-state index is 12.5. The van der Waals surface area contributed by atoms with Gasteiger partial charge >= 0.3 is 5.97 Å². The molecule has 2 aromatic rings. The molecule has 1 aliphatic heterocycles. The Labute approximate surface area is 180 Å². The Morgan fingerprint density at radius 2 is 1.84 bits per heavy atom. The van der Waals surface area contributed by atoms with Gasteiger partial charge in [0.05, 0.1) is 12.0 Å². The molecule has 1 fully saturated rings. The number of methoxy groups -OCH3 is 1. The predicted octanol–water partition coefficient (Wildman–Crippen LogP) is 2.41. The number of hydrogen-bond donors (Lipinski definition) is 0. The van der Waals surface area contributed by atoms with Gasteiger partial charge in [0.25, 0.3) is 11.6 Å². The van der Waals surface area contributed by atoms with Gasteiger partial charge in [0.2, 0.25) is 0 Å². The number of non-ortho nitro benzene ring substituents is 1. The number of nitrogens with zero attached hydrogens (tertiary/aromatic N) is 3. The van der Waals surface area contributed by atoms with Gasteiger partial charge in [-0.15, -0.1) is 0 Å². The molecule has 0 spiro atoms. The third-order valence-electron chi connectivity index (χ3n) is 5.15. The van der Waals surface area contributed by atoms with Crippen LogP contribution in [-0.4, -0.2) is 66.5 Å². The number of amides is 1. The van der Waals surface area contributed by atoms with E-state index in [1.807, 2.05) is 6.07 Å². The largest absolute Gasteiger partial charge is 0.496 e. The molecule has 1 heterocycles. The molecular formula is C22H25N3O6. The van der Waals surface area contributed by atoms with Crippen LogP contribution in [-0.2, 0) is 16.1 Å². The molecule has 0 bridgehead atoms. The van der Waals surface area contributed by atoms with Crippen LogP contribution in [0, 0.1) is 17.0 Å². The van der Waals surface area contributed by atoms with Gasteiger partial charge in [-0.3, -0.25) is 19.8 Å². The van der Waals surface area contributed by atoms with Crippen molar-refractivity contribution < 1.29 is 24.0 Å². The molecule has 0 N–H and O–H groups in total. The fourth-order valence-electron chi connectivity index (χ4n) is 3.49. The molecule has 1 aliphatic rings. The molecule has 0 aliphatic carbocycles. The lowest BCUT2D eigenvalue weighted by Crippen LogP contribution is -2.49. The van der Waals surface area contributed by atoms with Crippen LogP contribution in [0.2, 0.25) is 0 Å². The van der Waals surface area contributed by atoms with E-state index >= 15 is 0 Å². The number of nitro benzene ring substituents is 1. The summed E-state index contributed by atoms with van der Waals surface area (Å²) in [4.78, 5) is 39.1. The Kier molecular flexibility index (Phi) is 7.19. The molecule has 9 heteroatoms. The van der Waals surface area contributed by atoms with Crippen LogP contribution in [0.15, 0.2) is 42.5 Å². The maximum atomic E-state index is 12.5. The van der Waals surface area contributed by atoms with Crippen LogP contribution in [0.5, 0.6) is 5.75 Å². The molecule has 31 heavy (non-hydrogen) atoms. The summed E-state index contributed by atoms with van der Waals surface area (Å²) in [6, 6.07) is 12.0. The summed E-state index contributed by atoms with van der Waals surface area (Å²) in [5.74, 6) is -0.993. The first-order valence-corrected chi connectivity index (χ1v) is 9.92. The summed E-state index contributed by atoms with van der Waals surface area (Å²) in [6.45, 7) is 5.00. The lowest BCUT2D eigenvalue weighted by molar-refractivity contribution is -0.384. The molecule has 2 aromatic carbocycles. The van der Waals surface area contributed by atoms with Crippen LogP contribution in [0.3, 0.4) is 0 Å². The van der Waals surface area contributed by atoms with Gasteiger partial charge in [-0.25, -0.2) is 4.79 Å². The average molecular weight is 427 g/mol. The Morgan fingerprint density at radius 3 is 2.48 bits per heavy atom. The van der Waals surface area contributed by atoms with E-state index in [2.05, 4.69) is 30.0 Å². The van der Waals surface area contributed by atoms with Crippen molar-refractivity contribution in [2.24, 2.45) is 0 Å². The van der Waals surface area contributed by atoms with Crippen LogP contribution in [0.1, 0.15) is 21.5 Å². The topological polar surface area (TPSA) is 102 Å². The number of carbonyl (C=O) groups excluding carboxylic acids is 2. The van der Waals surface area contributed by atoms with Crippen molar-refractivity contribution in [3.8, 4) is 5.75 Å². The number of rotatable bonds is 7. The highest BCUT2D eigenvalue weighted by Gasteiger charge is 2.24. The first-order valence-electron chi connectivity index (χ1n) is 9.92. The van der Waals surface area contributed by atoms with Crippen molar-refractivity contribution >= 4 is 17.6 Å². The zero-order chi connectivity index (χ0) is 22.4. The van der Waals surface area contributed by atoms with Crippen LogP contribution >= 0.6 is 0 Å². The van der Waals surface area contributed by atoms with E-state index in [-0.39, 0.29) is 22.9 Å². The van der Waals surface area contributed by atoms with Crippen molar-refractivity contribution in [1.29, 1.82) is 0 Å². The third kappa shape index (κ3) is 5.79. The maximum Gasteiger partial charge on any atom is 0.342 e. The molecule has 164 valence electrons. The number of carbonyl (C=O) groups is 2. The molecule has 0 unspecified atom stereocenters. The Balaban J connectivity index is 1.51. The van der Waals surface area contributed by atoms with E-state index < -0.39 is 17.5 Å². The van der Waals surface area contributed by atoms with Crippen LogP contribution in [0.4, 0.5) is 5.69 Å². The molecule has 0 saturated carbocycles. The molecule has 0 atom stereocenters. The molecular weight excluding hydrogens is 402 g/mol. The standard InChI is InChI=1S/C22H25N3O6/c1-16-4-3-5-17(12-16)14-23-8-10-24(11-9-23)21(26)15-31-22(27)19-13-18(25(28)29)6-7-20(19)30-2/h3-7,12-13H,8-11,14-15H2,1-2H3. The minimum Gasteiger partial charge on any atom is -0.496 e. The summed E-state index contributed by atoms with van der Waals surface area (Å²) in [5.41, 5.74) is 2.10. The number of hydrogen-bond acceptors (Lipinski definition) is 7. The minimum absolute atomic E-state index is 0.0903. The molecule has 0 radical (unpaired) electrons. The highest BCUT2D eigenvalue weighted by molar-refractivity contribution is 5.94. The summed E-state index contributed by atoms with van der Waals surface area (Å²) >= 11 is 0. The highest BCUT2D eigenvalue weighted by Crippen LogP contribution is 2.24. The van der Waals surface area contributed by atoms with E-state index in [0.717, 1.165) is 25.7 Å². The van der Waals surface area contributed by atoms with E-state index in [0.29, 0.717) is 13.1 Å². The average Bonchev–Trinajstić information content (AvgIpc) is 2.77. The van der Waals surface area contributed by atoms with Gasteiger partial charge in [-0.05, 0) is 18.6 Å². The number of piperazine rings is 1. The summed E-state index contributed by atoms with van der Waals surface area (Å²) in [6.07, 6.45) is 0.